The van der Waals surface area contributed by atoms with E-state index in [0.29, 0.717) is 23.1 Å². The fraction of sp³-hybridized carbons (Fsp3) is 0.211. The number of aromatic nitrogens is 4. The second kappa shape index (κ2) is 14.0. The van der Waals surface area contributed by atoms with Gasteiger partial charge in [-0.1, -0.05) is 66.5 Å². The summed E-state index contributed by atoms with van der Waals surface area (Å²) in [7, 11) is 3.60. The number of imidazole rings is 1. The van der Waals surface area contributed by atoms with Gasteiger partial charge in [-0.05, 0) is 71.1 Å². The van der Waals surface area contributed by atoms with Crippen LogP contribution in [0.15, 0.2) is 108 Å². The number of rotatable bonds is 11. The number of ether oxygens (including phenoxy) is 1. The summed E-state index contributed by atoms with van der Waals surface area (Å²) in [6, 6.07) is 29.2. The third-order valence-corrected chi connectivity index (χ3v) is 9.30. The van der Waals surface area contributed by atoms with E-state index in [1.54, 1.807) is 36.3 Å². The first-order chi connectivity index (χ1) is 23.3. The van der Waals surface area contributed by atoms with Gasteiger partial charge in [0.2, 0.25) is 0 Å². The molecule has 3 aromatic heterocycles. The highest BCUT2D eigenvalue weighted by molar-refractivity contribution is 6.31. The maximum atomic E-state index is 13.7. The molecule has 0 saturated carbocycles. The maximum Gasteiger partial charge on any atom is 0.251 e. The van der Waals surface area contributed by atoms with E-state index in [1.165, 1.54) is 0 Å². The summed E-state index contributed by atoms with van der Waals surface area (Å²) < 4.78 is 9.07. The van der Waals surface area contributed by atoms with Crippen LogP contribution >= 0.6 is 23.2 Å². The number of fused-ring (bicyclic) bond motifs is 1. The molecule has 0 saturated heterocycles. The Morgan fingerprint density at radius 1 is 1.00 bits per heavy atom. The van der Waals surface area contributed by atoms with Gasteiger partial charge >= 0.3 is 0 Å². The lowest BCUT2D eigenvalue weighted by Gasteiger charge is -2.37. The van der Waals surface area contributed by atoms with Gasteiger partial charge in [0.1, 0.15) is 16.4 Å². The summed E-state index contributed by atoms with van der Waals surface area (Å²) in [5, 5.41) is 15.5. The van der Waals surface area contributed by atoms with Crippen LogP contribution in [0.3, 0.4) is 0 Å². The lowest BCUT2D eigenvalue weighted by molar-refractivity contribution is 0.414. The molecule has 48 heavy (non-hydrogen) atoms. The van der Waals surface area contributed by atoms with E-state index >= 15 is 0 Å². The van der Waals surface area contributed by atoms with E-state index in [9.17, 15) is 10.1 Å². The molecule has 0 fully saturated rings. The van der Waals surface area contributed by atoms with E-state index in [0.717, 1.165) is 50.2 Å². The number of halogens is 2. The molecule has 0 aliphatic heterocycles. The molecule has 0 aliphatic carbocycles. The van der Waals surface area contributed by atoms with E-state index in [2.05, 4.69) is 27.4 Å². The number of hydrogen-bond donors (Lipinski definition) is 1. The number of nitrogens with one attached hydrogen (secondary N) is 1. The highest BCUT2D eigenvalue weighted by Gasteiger charge is 2.39. The zero-order valence-corrected chi connectivity index (χ0v) is 28.3. The van der Waals surface area contributed by atoms with Gasteiger partial charge in [-0.3, -0.25) is 10.1 Å². The molecule has 6 rings (SSSR count). The third kappa shape index (κ3) is 6.33. The summed E-state index contributed by atoms with van der Waals surface area (Å²) in [5.41, 5.74) is 4.76. The molecule has 0 aliphatic rings. The minimum atomic E-state index is -0.970. The molecule has 0 bridgehead atoms. The molecule has 8 nitrogen and oxygen atoms in total. The molecule has 0 radical (unpaired) electrons. The maximum absolute atomic E-state index is 13.7. The minimum Gasteiger partial charge on any atom is -0.497 e. The first-order valence-corrected chi connectivity index (χ1v) is 16.3. The Balaban J connectivity index is 1.65. The van der Waals surface area contributed by atoms with Crippen molar-refractivity contribution in [2.45, 2.75) is 32.0 Å². The molecule has 10 heteroatoms. The summed E-state index contributed by atoms with van der Waals surface area (Å²) in [5.74, 6) is 0.455. The Labute approximate surface area is 289 Å². The lowest BCUT2D eigenvalue weighted by Crippen LogP contribution is -2.45. The Bertz CT molecular complexity index is 2170. The predicted octanol–water partition coefficient (Wildman–Crippen LogP) is 7.74. The zero-order valence-electron chi connectivity index (χ0n) is 26.8. The van der Waals surface area contributed by atoms with Crippen molar-refractivity contribution in [3.8, 4) is 22.9 Å². The molecule has 1 N–H and O–H groups in total. The van der Waals surface area contributed by atoms with Crippen molar-refractivity contribution in [2.75, 3.05) is 7.11 Å². The van der Waals surface area contributed by atoms with Gasteiger partial charge < -0.3 is 13.9 Å². The Hall–Kier alpha value is -4.94. The number of benzene rings is 3. The first kappa shape index (κ1) is 33.0. The van der Waals surface area contributed by atoms with E-state index in [-0.39, 0.29) is 18.0 Å². The van der Waals surface area contributed by atoms with Crippen molar-refractivity contribution in [2.24, 2.45) is 13.0 Å². The predicted molar refractivity (Wildman–Crippen MR) is 190 cm³/mol. The van der Waals surface area contributed by atoms with Crippen molar-refractivity contribution in [3.05, 3.63) is 147 Å². The van der Waals surface area contributed by atoms with Gasteiger partial charge in [0.15, 0.2) is 0 Å². The lowest BCUT2D eigenvalue weighted by atomic mass is 9.79. The second-order valence-corrected chi connectivity index (χ2v) is 12.5. The Morgan fingerprint density at radius 2 is 1.79 bits per heavy atom. The monoisotopic (exact) mass is 676 g/mol. The van der Waals surface area contributed by atoms with Crippen LogP contribution in [0.2, 0.25) is 10.2 Å². The summed E-state index contributed by atoms with van der Waals surface area (Å²) >= 11 is 12.8. The zero-order chi connectivity index (χ0) is 33.8. The van der Waals surface area contributed by atoms with Crippen LogP contribution in [0.5, 0.6) is 5.75 Å². The van der Waals surface area contributed by atoms with Crippen LogP contribution in [0.1, 0.15) is 35.7 Å². The van der Waals surface area contributed by atoms with Crippen LogP contribution in [0.25, 0.3) is 22.0 Å². The number of nitrogens with zero attached hydrogens (tertiary/aromatic N) is 5. The van der Waals surface area contributed by atoms with Crippen LogP contribution in [0, 0.1) is 17.2 Å². The number of nitriles is 1. The second-order valence-electron chi connectivity index (χ2n) is 11.7. The standard InChI is InChI=1S/C38H34Cl2N6O2/c1-4-25(19-41)23-46-34-14-10-28(17-33(34)32(18-37(46)47)27-6-5-7-30(39)16-27)38(35-22-42-24-45(35)2,29-11-15-36(40)43-21-29)44-20-26-8-12-31(48-3)13-9-26/h5-18,21-22,24-25,44H,4,20,23H2,1-3H3. The van der Waals surface area contributed by atoms with Gasteiger partial charge in [0.25, 0.3) is 5.56 Å². The van der Waals surface area contributed by atoms with Crippen LogP contribution < -0.4 is 15.6 Å². The van der Waals surface area contributed by atoms with Crippen LogP contribution in [-0.4, -0.2) is 26.2 Å². The molecule has 3 heterocycles. The van der Waals surface area contributed by atoms with Gasteiger partial charge in [-0.15, -0.1) is 0 Å². The van der Waals surface area contributed by atoms with Gasteiger partial charge in [-0.2, -0.15) is 5.26 Å². The summed E-state index contributed by atoms with van der Waals surface area (Å²) in [6.45, 7) is 2.72. The molecular formula is C38H34Cl2N6O2. The van der Waals surface area contributed by atoms with E-state index in [4.69, 9.17) is 27.9 Å². The summed E-state index contributed by atoms with van der Waals surface area (Å²) in [6.07, 6.45) is 6.02. The fourth-order valence-electron chi connectivity index (χ4n) is 6.23. The van der Waals surface area contributed by atoms with Crippen molar-refractivity contribution < 1.29 is 4.74 Å². The fourth-order valence-corrected chi connectivity index (χ4v) is 6.54. The minimum absolute atomic E-state index is 0.184. The normalized spacial score (nSPS) is 13.2. The van der Waals surface area contributed by atoms with Crippen molar-refractivity contribution >= 4 is 34.1 Å². The topological polar surface area (TPSA) is 97.8 Å². The Morgan fingerprint density at radius 3 is 2.44 bits per heavy atom. The van der Waals surface area contributed by atoms with E-state index in [1.807, 2.05) is 91.5 Å². The van der Waals surface area contributed by atoms with E-state index < -0.39 is 5.54 Å². The SMILES string of the molecule is CCC(C#N)Cn1c(=O)cc(-c2cccc(Cl)c2)c2cc(C(NCc3ccc(OC)cc3)(c3ccc(Cl)nc3)c3cncn3C)ccc21. The average molecular weight is 678 g/mol. The number of pyridine rings is 2. The molecule has 242 valence electrons. The Kier molecular flexibility index (Phi) is 9.65. The van der Waals surface area contributed by atoms with Crippen molar-refractivity contribution in [1.29, 1.82) is 5.26 Å². The highest BCUT2D eigenvalue weighted by atomic mass is 35.5. The van der Waals surface area contributed by atoms with Gasteiger partial charge in [0, 0.05) is 48.4 Å². The van der Waals surface area contributed by atoms with Crippen LogP contribution in [0.4, 0.5) is 0 Å². The molecule has 0 spiro atoms. The van der Waals surface area contributed by atoms with Gasteiger partial charge in [-0.25, -0.2) is 9.97 Å². The van der Waals surface area contributed by atoms with Gasteiger partial charge in [0.05, 0.1) is 42.8 Å². The summed E-state index contributed by atoms with van der Waals surface area (Å²) in [4.78, 5) is 22.7. The number of hydrogen-bond acceptors (Lipinski definition) is 6. The molecule has 2 atom stereocenters. The first-order valence-electron chi connectivity index (χ1n) is 15.6. The highest BCUT2D eigenvalue weighted by Crippen LogP contribution is 2.40. The third-order valence-electron chi connectivity index (χ3n) is 8.84. The quantitative estimate of drug-likeness (QED) is 0.141. The molecular weight excluding hydrogens is 643 g/mol. The number of aryl methyl sites for hydroxylation is 1. The smallest absolute Gasteiger partial charge is 0.251 e. The molecule has 2 unspecified atom stereocenters. The molecule has 3 aromatic carbocycles. The van der Waals surface area contributed by atoms with Crippen molar-refractivity contribution in [1.82, 2.24) is 24.4 Å². The molecule has 0 amide bonds. The molecule has 6 aromatic rings. The average Bonchev–Trinajstić information content (AvgIpc) is 3.54. The largest absolute Gasteiger partial charge is 0.497 e. The number of methoxy groups -OCH3 is 1. The van der Waals surface area contributed by atoms with Crippen LogP contribution in [-0.2, 0) is 25.7 Å². The van der Waals surface area contributed by atoms with Crippen molar-refractivity contribution in [3.63, 3.8) is 0 Å².